The molecule has 5 nitrogen and oxygen atoms in total. The van der Waals surface area contributed by atoms with Crippen molar-refractivity contribution >= 4 is 21.5 Å². The van der Waals surface area contributed by atoms with Crippen LogP contribution in [0.5, 0.6) is 0 Å². The molecule has 0 fully saturated rings. The zero-order valence-electron chi connectivity index (χ0n) is 15.8. The lowest BCUT2D eigenvalue weighted by atomic mass is 10.0. The van der Waals surface area contributed by atoms with E-state index in [0.717, 1.165) is 19.3 Å². The van der Waals surface area contributed by atoms with Crippen LogP contribution in [0.1, 0.15) is 55.8 Å². The van der Waals surface area contributed by atoms with Gasteiger partial charge in [-0.15, -0.1) is 0 Å². The van der Waals surface area contributed by atoms with Crippen molar-refractivity contribution in [3.8, 4) is 0 Å². The van der Waals surface area contributed by atoms with Crippen molar-refractivity contribution in [2.45, 2.75) is 50.3 Å². The van der Waals surface area contributed by atoms with Gasteiger partial charge in [0.1, 0.15) is 4.90 Å². The number of alkyl halides is 1. The first-order chi connectivity index (χ1) is 13.0. The van der Waals surface area contributed by atoms with Crippen LogP contribution in [0.2, 0.25) is 0 Å². The maximum atomic E-state index is 12.3. The van der Waals surface area contributed by atoms with E-state index < -0.39 is 10.0 Å². The van der Waals surface area contributed by atoms with Gasteiger partial charge in [-0.25, -0.2) is 8.42 Å². The largest absolute Gasteiger partial charge is 0.294 e. The molecule has 0 amide bonds. The average Bonchev–Trinajstić information content (AvgIpc) is 2.70. The first-order valence-electron chi connectivity index (χ1n) is 8.97. The van der Waals surface area contributed by atoms with Crippen molar-refractivity contribution in [1.82, 2.24) is 4.98 Å². The maximum absolute atomic E-state index is 12.3. The molecule has 0 aliphatic carbocycles. The lowest BCUT2D eigenvalue weighted by molar-refractivity contribution is 0.0979. The van der Waals surface area contributed by atoms with Gasteiger partial charge in [0.05, 0.1) is 7.18 Å². The van der Waals surface area contributed by atoms with Crippen molar-refractivity contribution in [2.75, 3.05) is 11.9 Å². The first kappa shape index (κ1) is 22.8. The summed E-state index contributed by atoms with van der Waals surface area (Å²) in [6.45, 7) is 2.16. The second kappa shape index (κ2) is 12.2. The Hall–Kier alpha value is -2.28. The van der Waals surface area contributed by atoms with Gasteiger partial charge in [0.25, 0.3) is 10.0 Å². The van der Waals surface area contributed by atoms with Gasteiger partial charge in [0.2, 0.25) is 0 Å². The highest BCUT2D eigenvalue weighted by Gasteiger charge is 2.15. The number of nitrogens with zero attached hydrogens (tertiary/aromatic N) is 1. The van der Waals surface area contributed by atoms with Crippen LogP contribution < -0.4 is 4.72 Å². The zero-order valence-corrected chi connectivity index (χ0v) is 16.6. The van der Waals surface area contributed by atoms with Gasteiger partial charge in [-0.2, -0.15) is 0 Å². The number of carbonyl (C=O) groups is 1. The number of anilines is 1. The van der Waals surface area contributed by atoms with Gasteiger partial charge < -0.3 is 0 Å². The predicted octanol–water partition coefficient (Wildman–Crippen LogP) is 5.01. The number of nitrogens with one attached hydrogen (secondary N) is 1. The molecule has 0 atom stereocenters. The summed E-state index contributed by atoms with van der Waals surface area (Å²) in [4.78, 5) is 16.2. The van der Waals surface area contributed by atoms with Crippen LogP contribution in [0.25, 0.3) is 0 Å². The minimum atomic E-state index is -3.71. The van der Waals surface area contributed by atoms with Crippen LogP contribution in [0, 0.1) is 0 Å². The monoisotopic (exact) mass is 394 g/mol. The van der Waals surface area contributed by atoms with E-state index >= 15 is 0 Å². The minimum Gasteiger partial charge on any atom is -0.294 e. The van der Waals surface area contributed by atoms with E-state index in [1.54, 1.807) is 30.3 Å². The fraction of sp³-hybridized carbons (Fsp3) is 0.400. The van der Waals surface area contributed by atoms with Crippen LogP contribution in [0.15, 0.2) is 53.7 Å². The number of hydrogen-bond acceptors (Lipinski definition) is 4. The molecule has 0 spiro atoms. The highest BCUT2D eigenvalue weighted by Crippen LogP contribution is 2.18. The van der Waals surface area contributed by atoms with E-state index in [0.29, 0.717) is 24.8 Å². The summed E-state index contributed by atoms with van der Waals surface area (Å²) in [5.74, 6) is 0.0407. The van der Waals surface area contributed by atoms with Crippen molar-refractivity contribution < 1.29 is 17.6 Å². The number of hydrogen-bond donors (Lipinski definition) is 1. The number of sulfonamides is 1. The first-order valence-corrected chi connectivity index (χ1v) is 10.4. The van der Waals surface area contributed by atoms with Crippen molar-refractivity contribution in [3.05, 3.63) is 54.4 Å². The number of benzene rings is 1. The number of unbranched alkanes of at least 4 members (excludes halogenated alkanes) is 4. The Morgan fingerprint density at radius 2 is 1.81 bits per heavy atom. The fourth-order valence-corrected chi connectivity index (χ4v) is 3.52. The summed E-state index contributed by atoms with van der Waals surface area (Å²) in [7, 11) is -3.21. The lowest BCUT2D eigenvalue weighted by Gasteiger charge is -2.09. The predicted molar refractivity (Wildman–Crippen MR) is 106 cm³/mol. The number of halogens is 1. The fourth-order valence-electron chi connectivity index (χ4n) is 2.51. The van der Waals surface area contributed by atoms with E-state index in [1.807, 2.05) is 0 Å². The number of aromatic nitrogens is 1. The molecule has 1 heterocycles. The molecule has 1 aromatic carbocycles. The summed E-state index contributed by atoms with van der Waals surface area (Å²) in [6.07, 6.45) is 8.72. The molecular formula is C20H27FN2O3S. The molecule has 2 aromatic rings. The number of Topliss-reactive ketones (excluding diaryl/α,β-unsaturated/α-hetero) is 1. The Balaban J connectivity index is 0.00000176. The SMILES string of the molecule is CCCCCCCC(=O)c1cccc(NS(=O)(=O)c2cccnc2)c1.CF. The van der Waals surface area contributed by atoms with Gasteiger partial charge in [0.15, 0.2) is 5.78 Å². The Morgan fingerprint density at radius 3 is 2.48 bits per heavy atom. The van der Waals surface area contributed by atoms with Crippen molar-refractivity contribution in [1.29, 1.82) is 0 Å². The Bertz CT molecular complexity index is 796. The van der Waals surface area contributed by atoms with E-state index in [1.165, 1.54) is 31.3 Å². The molecule has 7 heteroatoms. The number of ketones is 1. The smallest absolute Gasteiger partial charge is 0.263 e. The molecule has 0 aliphatic heterocycles. The molecule has 27 heavy (non-hydrogen) atoms. The Kier molecular flexibility index (Phi) is 10.3. The molecule has 0 radical (unpaired) electrons. The summed E-state index contributed by atoms with van der Waals surface area (Å²) < 4.78 is 36.6. The molecular weight excluding hydrogens is 367 g/mol. The van der Waals surface area contributed by atoms with Crippen LogP contribution in [0.3, 0.4) is 0 Å². The molecule has 148 valence electrons. The van der Waals surface area contributed by atoms with Gasteiger partial charge in [-0.3, -0.25) is 18.9 Å². The van der Waals surface area contributed by atoms with Crippen LogP contribution in [-0.2, 0) is 10.0 Å². The highest BCUT2D eigenvalue weighted by atomic mass is 32.2. The molecule has 0 saturated heterocycles. The third kappa shape index (κ3) is 7.86. The normalized spacial score (nSPS) is 10.6. The number of pyridine rings is 1. The van der Waals surface area contributed by atoms with E-state index in [4.69, 9.17) is 0 Å². The second-order valence-electron chi connectivity index (χ2n) is 5.96. The topological polar surface area (TPSA) is 76.1 Å². The molecule has 2 rings (SSSR count). The summed E-state index contributed by atoms with van der Waals surface area (Å²) >= 11 is 0. The van der Waals surface area contributed by atoms with E-state index in [2.05, 4.69) is 16.6 Å². The third-order valence-corrected chi connectivity index (χ3v) is 5.26. The van der Waals surface area contributed by atoms with E-state index in [-0.39, 0.29) is 10.7 Å². The average molecular weight is 395 g/mol. The minimum absolute atomic E-state index is 0.0407. The van der Waals surface area contributed by atoms with Crippen LogP contribution >= 0.6 is 0 Å². The molecule has 1 aromatic heterocycles. The molecule has 0 saturated carbocycles. The molecule has 1 N–H and O–H groups in total. The van der Waals surface area contributed by atoms with Crippen LogP contribution in [-0.4, -0.2) is 26.4 Å². The highest BCUT2D eigenvalue weighted by molar-refractivity contribution is 7.92. The maximum Gasteiger partial charge on any atom is 0.263 e. The third-order valence-electron chi connectivity index (χ3n) is 3.89. The molecule has 0 unspecified atom stereocenters. The lowest BCUT2D eigenvalue weighted by Crippen LogP contribution is -2.13. The Labute approximate surface area is 161 Å². The van der Waals surface area contributed by atoms with Gasteiger partial charge >= 0.3 is 0 Å². The Morgan fingerprint density at radius 1 is 1.07 bits per heavy atom. The van der Waals surface area contributed by atoms with E-state index in [9.17, 15) is 17.6 Å². The summed E-state index contributed by atoms with van der Waals surface area (Å²) in [5.41, 5.74) is 0.905. The van der Waals surface area contributed by atoms with Crippen LogP contribution in [0.4, 0.5) is 10.1 Å². The van der Waals surface area contributed by atoms with Crippen molar-refractivity contribution in [2.24, 2.45) is 0 Å². The number of carbonyl (C=O) groups excluding carboxylic acids is 1. The summed E-state index contributed by atoms with van der Waals surface area (Å²) in [5, 5.41) is 0. The second-order valence-corrected chi connectivity index (χ2v) is 7.64. The quantitative estimate of drug-likeness (QED) is 0.454. The van der Waals surface area contributed by atoms with Gasteiger partial charge in [-0.05, 0) is 30.7 Å². The zero-order chi connectivity index (χ0) is 20.1. The molecule has 0 bridgehead atoms. The number of rotatable bonds is 10. The van der Waals surface area contributed by atoms with Gasteiger partial charge in [0, 0.05) is 30.1 Å². The standard InChI is InChI=1S/C19H24N2O3S.CH3F/c1-2-3-4-5-6-12-19(22)16-9-7-10-17(14-16)21-25(23,24)18-11-8-13-20-15-18;1-2/h7-11,13-15,21H,2-6,12H2,1H3;1H3. The summed E-state index contributed by atoms with van der Waals surface area (Å²) in [6, 6.07) is 9.66. The van der Waals surface area contributed by atoms with Crippen molar-refractivity contribution in [3.63, 3.8) is 0 Å². The molecule has 0 aliphatic rings. The van der Waals surface area contributed by atoms with Gasteiger partial charge in [-0.1, -0.05) is 44.7 Å².